The number of H-pyrrole nitrogens is 1. The summed E-state index contributed by atoms with van der Waals surface area (Å²) < 4.78 is 40.9. The molecule has 2 bridgehead atoms. The highest BCUT2D eigenvalue weighted by atomic mass is 19.1. The first-order chi connectivity index (χ1) is 21.7. The van der Waals surface area contributed by atoms with Crippen LogP contribution in [0.25, 0.3) is 43.8 Å². The maximum atomic E-state index is 17.3. The van der Waals surface area contributed by atoms with Gasteiger partial charge in [0.2, 0.25) is 5.88 Å². The molecule has 9 rings (SSSR count). The van der Waals surface area contributed by atoms with Gasteiger partial charge in [0.05, 0.1) is 23.0 Å². The second kappa shape index (κ2) is 10.5. The number of aryl methyl sites for hydroxylation is 3. The van der Waals surface area contributed by atoms with Gasteiger partial charge < -0.3 is 19.6 Å². The average molecular weight is 609 g/mol. The summed E-state index contributed by atoms with van der Waals surface area (Å²) in [6, 6.07) is 10.6. The number of rotatable bonds is 7. The minimum atomic E-state index is -0.444. The van der Waals surface area contributed by atoms with Crippen LogP contribution in [0.15, 0.2) is 30.5 Å². The predicted molar refractivity (Wildman–Crippen MR) is 173 cm³/mol. The van der Waals surface area contributed by atoms with Gasteiger partial charge in [0.25, 0.3) is 0 Å². The number of hydrogen-bond acceptors (Lipinski definition) is 5. The predicted octanol–water partition coefficient (Wildman–Crippen LogP) is 7.08. The zero-order valence-electron chi connectivity index (χ0n) is 26.2. The molecule has 0 amide bonds. The number of nitrogens with zero attached hydrogens (tertiary/aromatic N) is 4. The Morgan fingerprint density at radius 2 is 2.00 bits per heavy atom. The van der Waals surface area contributed by atoms with Gasteiger partial charge in [-0.2, -0.15) is 5.26 Å². The monoisotopic (exact) mass is 608 g/mol. The Morgan fingerprint density at radius 1 is 1.16 bits per heavy atom. The molecule has 0 radical (unpaired) electrons. The average Bonchev–Trinajstić information content (AvgIpc) is 3.84. The highest BCUT2D eigenvalue weighted by Crippen LogP contribution is 2.49. The van der Waals surface area contributed by atoms with Crippen molar-refractivity contribution in [2.24, 2.45) is 5.92 Å². The number of likely N-dealkylation sites (N-methyl/N-ethyl adjacent to an activating group) is 1. The van der Waals surface area contributed by atoms with Gasteiger partial charge >= 0.3 is 0 Å². The van der Waals surface area contributed by atoms with Gasteiger partial charge in [0, 0.05) is 64.4 Å². The molecule has 9 heteroatoms. The molecule has 4 fully saturated rings. The molecule has 45 heavy (non-hydrogen) atoms. The quantitative estimate of drug-likeness (QED) is 0.206. The van der Waals surface area contributed by atoms with E-state index in [2.05, 4.69) is 52.8 Å². The topological polar surface area (TPSA) is 81.9 Å². The normalized spacial score (nSPS) is 23.7. The molecule has 2 aromatic carbocycles. The van der Waals surface area contributed by atoms with Crippen LogP contribution in [0.4, 0.5) is 8.78 Å². The van der Waals surface area contributed by atoms with E-state index in [1.807, 2.05) is 6.07 Å². The van der Waals surface area contributed by atoms with Crippen LogP contribution in [0.5, 0.6) is 5.88 Å². The zero-order valence-corrected chi connectivity index (χ0v) is 26.2. The van der Waals surface area contributed by atoms with Gasteiger partial charge in [-0.25, -0.2) is 13.8 Å². The van der Waals surface area contributed by atoms with Gasteiger partial charge in [-0.1, -0.05) is 0 Å². The Morgan fingerprint density at radius 3 is 2.71 bits per heavy atom. The minimum absolute atomic E-state index is 0.125. The van der Waals surface area contributed by atoms with Crippen LogP contribution in [0.1, 0.15) is 55.5 Å². The van der Waals surface area contributed by atoms with Crippen molar-refractivity contribution in [1.82, 2.24) is 24.8 Å². The number of fused-ring (bicyclic) bond motifs is 5. The van der Waals surface area contributed by atoms with Gasteiger partial charge in [-0.15, -0.1) is 0 Å². The van der Waals surface area contributed by atoms with Crippen molar-refractivity contribution in [2.45, 2.75) is 77.1 Å². The van der Waals surface area contributed by atoms with Crippen molar-refractivity contribution in [3.05, 3.63) is 58.9 Å². The van der Waals surface area contributed by atoms with Crippen LogP contribution in [0, 0.1) is 42.7 Å². The van der Waals surface area contributed by atoms with Crippen LogP contribution in [-0.4, -0.2) is 57.8 Å². The number of nitriles is 1. The summed E-state index contributed by atoms with van der Waals surface area (Å²) in [5.41, 5.74) is 5.17. The van der Waals surface area contributed by atoms with Crippen LogP contribution in [0.3, 0.4) is 0 Å². The fraction of sp³-hybridized carbons (Fsp3) is 0.444. The Labute approximate surface area is 261 Å². The summed E-state index contributed by atoms with van der Waals surface area (Å²) in [5, 5.41) is 15.6. The fourth-order valence-corrected chi connectivity index (χ4v) is 8.47. The van der Waals surface area contributed by atoms with Crippen molar-refractivity contribution < 1.29 is 13.5 Å². The van der Waals surface area contributed by atoms with E-state index in [1.165, 1.54) is 6.07 Å². The third-order valence-corrected chi connectivity index (χ3v) is 10.8. The second-order valence-corrected chi connectivity index (χ2v) is 13.5. The van der Waals surface area contributed by atoms with E-state index in [1.54, 1.807) is 19.2 Å². The molecule has 7 nitrogen and oxygen atoms in total. The van der Waals surface area contributed by atoms with Crippen LogP contribution < -0.4 is 10.1 Å². The molecule has 1 aliphatic carbocycles. The van der Waals surface area contributed by atoms with Crippen molar-refractivity contribution in [3.8, 4) is 23.1 Å². The number of ether oxygens (including phenoxy) is 1. The third-order valence-electron chi connectivity index (χ3n) is 10.8. The number of hydrogen-bond donors (Lipinski definition) is 2. The molecule has 6 heterocycles. The molecule has 1 saturated carbocycles. The number of pyridine rings is 1. The first-order valence-electron chi connectivity index (χ1n) is 16.2. The molecule has 0 spiro atoms. The summed E-state index contributed by atoms with van der Waals surface area (Å²) >= 11 is 0. The van der Waals surface area contributed by atoms with E-state index in [9.17, 15) is 9.65 Å². The highest BCUT2D eigenvalue weighted by molar-refractivity contribution is 6.09. The second-order valence-electron chi connectivity index (χ2n) is 13.5. The van der Waals surface area contributed by atoms with E-state index in [0.29, 0.717) is 46.5 Å². The molecule has 3 aliphatic heterocycles. The summed E-state index contributed by atoms with van der Waals surface area (Å²) in [4.78, 5) is 10.4. The summed E-state index contributed by atoms with van der Waals surface area (Å²) in [6.45, 7) is 7.94. The molecule has 3 saturated heterocycles. The first-order valence-corrected chi connectivity index (χ1v) is 16.2. The standard InChI is InChI=1S/C36H38F2N6O/c1-18-11-23-26(17-41-28(23)15-27(18)37)31-21(7-5-9-39)13-24-33(32(31)38)42-36(45-20(3)30-8-6-10-43(30)4)25-12-19(2)44(35(24)25)34-22-14-29(34)40-16-22/h11-13,15,17,20,22,29-30,34,40-41H,5-8,10,14,16H2,1-4H3/t20-,22+,29+,30?,34-/m0/s1. The molecular weight excluding hydrogens is 570 g/mol. The van der Waals surface area contributed by atoms with Crippen molar-refractivity contribution in [3.63, 3.8) is 0 Å². The van der Waals surface area contributed by atoms with Gasteiger partial charge in [0.15, 0.2) is 5.82 Å². The Balaban J connectivity index is 1.40. The minimum Gasteiger partial charge on any atom is -0.472 e. The Kier molecular flexibility index (Phi) is 6.66. The third kappa shape index (κ3) is 4.29. The number of benzene rings is 2. The molecule has 5 atom stereocenters. The van der Waals surface area contributed by atoms with E-state index in [0.717, 1.165) is 65.3 Å². The lowest BCUT2D eigenvalue weighted by atomic mass is 9.79. The van der Waals surface area contributed by atoms with Gasteiger partial charge in [0.1, 0.15) is 17.4 Å². The number of nitrogens with one attached hydrogen (secondary N) is 2. The van der Waals surface area contributed by atoms with E-state index >= 15 is 4.39 Å². The smallest absolute Gasteiger partial charge is 0.223 e. The maximum absolute atomic E-state index is 17.3. The van der Waals surface area contributed by atoms with Crippen LogP contribution in [-0.2, 0) is 6.42 Å². The van der Waals surface area contributed by atoms with Crippen molar-refractivity contribution in [1.29, 1.82) is 5.26 Å². The Hall–Kier alpha value is -4.00. The SMILES string of the molecule is Cc1cc2c(-c3c(CCC#N)cc4c(nc(O[C@@H](C)C5CCCN5C)c5cc(C)n([C@H]6[C@H]7CN[C@@H]6C7)c54)c3F)c[nH]c2cc1F. The summed E-state index contributed by atoms with van der Waals surface area (Å²) in [7, 11) is 2.13. The van der Waals surface area contributed by atoms with E-state index < -0.39 is 5.82 Å². The number of aromatic nitrogens is 3. The zero-order chi connectivity index (χ0) is 31.1. The molecule has 4 aliphatic rings. The lowest BCUT2D eigenvalue weighted by molar-refractivity contribution is 0.119. The molecule has 232 valence electrons. The first kappa shape index (κ1) is 28.5. The molecular formula is C36H38F2N6O. The molecule has 5 aromatic rings. The number of halogens is 2. The van der Waals surface area contributed by atoms with Crippen molar-refractivity contribution >= 4 is 32.7 Å². The molecule has 2 N–H and O–H groups in total. The summed E-state index contributed by atoms with van der Waals surface area (Å²) in [6.07, 6.45) is 5.56. The maximum Gasteiger partial charge on any atom is 0.223 e. The van der Waals surface area contributed by atoms with Crippen LogP contribution >= 0.6 is 0 Å². The van der Waals surface area contributed by atoms with E-state index in [4.69, 9.17) is 9.72 Å². The Bertz CT molecular complexity index is 2030. The van der Waals surface area contributed by atoms with E-state index in [-0.39, 0.29) is 35.9 Å². The molecule has 1 unspecified atom stereocenters. The lowest BCUT2D eigenvalue weighted by Crippen LogP contribution is -2.39. The lowest BCUT2D eigenvalue weighted by Gasteiger charge is -2.37. The molecule has 3 aromatic heterocycles. The summed E-state index contributed by atoms with van der Waals surface area (Å²) in [5.74, 6) is 0.224. The van der Waals surface area contributed by atoms with Crippen LogP contribution in [0.2, 0.25) is 0 Å². The number of aromatic amines is 1. The highest BCUT2D eigenvalue weighted by Gasteiger charge is 2.48. The van der Waals surface area contributed by atoms with Gasteiger partial charge in [-0.05, 0) is 101 Å². The largest absolute Gasteiger partial charge is 0.472 e. The number of likely N-dealkylation sites (tertiary alicyclic amines) is 1. The van der Waals surface area contributed by atoms with Crippen molar-refractivity contribution in [2.75, 3.05) is 20.1 Å². The fourth-order valence-electron chi connectivity index (χ4n) is 8.47. The van der Waals surface area contributed by atoms with Gasteiger partial charge in [-0.3, -0.25) is 4.90 Å².